The number of ether oxygens (including phenoxy) is 1. The molecule has 4 nitrogen and oxygen atoms in total. The third-order valence-corrected chi connectivity index (χ3v) is 3.82. The van der Waals surface area contributed by atoms with Gasteiger partial charge >= 0.3 is 0 Å². The Balaban J connectivity index is 1.80. The second-order valence-corrected chi connectivity index (χ2v) is 6.05. The van der Waals surface area contributed by atoms with Gasteiger partial charge in [0.1, 0.15) is 5.75 Å². The van der Waals surface area contributed by atoms with E-state index < -0.39 is 0 Å². The second kappa shape index (κ2) is 7.46. The van der Waals surface area contributed by atoms with Crippen LogP contribution in [0, 0.1) is 12.8 Å². The minimum absolute atomic E-state index is 0.0468. The monoisotopic (exact) mass is 308 g/mol. The summed E-state index contributed by atoms with van der Waals surface area (Å²) in [4.78, 5) is 11.7. The van der Waals surface area contributed by atoms with Gasteiger partial charge in [-0.15, -0.1) is 0 Å². The summed E-state index contributed by atoms with van der Waals surface area (Å²) in [6.45, 7) is 4.06. The van der Waals surface area contributed by atoms with Gasteiger partial charge in [-0.05, 0) is 62.3 Å². The van der Waals surface area contributed by atoms with Gasteiger partial charge in [0.15, 0.2) is 6.61 Å². The molecule has 5 heteroatoms. The fourth-order valence-corrected chi connectivity index (χ4v) is 2.68. The number of benzene rings is 1. The van der Waals surface area contributed by atoms with Crippen molar-refractivity contribution >= 4 is 23.2 Å². The molecule has 0 saturated heterocycles. The lowest BCUT2D eigenvalue weighted by atomic mass is 9.89. The van der Waals surface area contributed by atoms with Crippen LogP contribution in [-0.2, 0) is 4.79 Å². The molecule has 0 aromatic heterocycles. The number of carbonyl (C=O) groups is 1. The number of rotatable bonds is 4. The standard InChI is InChI=1S/C16H21ClN2O2/c1-11-4-3-5-14(8-11)18-19-16(20)10-21-15-7-6-13(17)9-12(15)2/h6-7,9,11H,3-5,8,10H2,1-2H3,(H,19,20)/b18-14-/t11-/m1/s1. The van der Waals surface area contributed by atoms with Crippen molar-refractivity contribution in [2.75, 3.05) is 6.61 Å². The van der Waals surface area contributed by atoms with Crippen LogP contribution in [0.5, 0.6) is 5.75 Å². The van der Waals surface area contributed by atoms with Crippen molar-refractivity contribution in [1.82, 2.24) is 5.43 Å². The molecule has 0 unspecified atom stereocenters. The molecule has 1 amide bonds. The Kier molecular flexibility index (Phi) is 5.62. The molecule has 0 heterocycles. The highest BCUT2D eigenvalue weighted by molar-refractivity contribution is 6.30. The first kappa shape index (κ1) is 15.8. The van der Waals surface area contributed by atoms with Gasteiger partial charge in [0.05, 0.1) is 0 Å². The van der Waals surface area contributed by atoms with Gasteiger partial charge in [0, 0.05) is 10.7 Å². The van der Waals surface area contributed by atoms with E-state index in [0.29, 0.717) is 16.7 Å². The maximum atomic E-state index is 11.7. The van der Waals surface area contributed by atoms with Gasteiger partial charge in [0.2, 0.25) is 0 Å². The highest BCUT2D eigenvalue weighted by atomic mass is 35.5. The lowest BCUT2D eigenvalue weighted by Gasteiger charge is -2.18. The van der Waals surface area contributed by atoms with Crippen LogP contribution in [0.3, 0.4) is 0 Å². The molecule has 1 fully saturated rings. The Morgan fingerprint density at radius 3 is 3.05 bits per heavy atom. The molecule has 1 aliphatic rings. The molecule has 1 saturated carbocycles. The summed E-state index contributed by atoms with van der Waals surface area (Å²) in [5, 5.41) is 4.85. The fraction of sp³-hybridized carbons (Fsp3) is 0.500. The van der Waals surface area contributed by atoms with Gasteiger partial charge in [-0.3, -0.25) is 4.79 Å². The molecular weight excluding hydrogens is 288 g/mol. The number of hydrogen-bond acceptors (Lipinski definition) is 3. The summed E-state index contributed by atoms with van der Waals surface area (Å²) in [7, 11) is 0. The Bertz CT molecular complexity index is 543. The van der Waals surface area contributed by atoms with Crippen molar-refractivity contribution in [3.63, 3.8) is 0 Å². The first-order valence-corrected chi connectivity index (χ1v) is 7.65. The van der Waals surface area contributed by atoms with Gasteiger partial charge < -0.3 is 4.74 Å². The third kappa shape index (κ3) is 5.05. The minimum atomic E-state index is -0.241. The molecule has 1 atom stereocenters. The number of nitrogens with zero attached hydrogens (tertiary/aromatic N) is 1. The largest absolute Gasteiger partial charge is 0.483 e. The van der Waals surface area contributed by atoms with Crippen LogP contribution in [0.1, 0.15) is 38.2 Å². The summed E-state index contributed by atoms with van der Waals surface area (Å²) < 4.78 is 5.47. The van der Waals surface area contributed by atoms with Gasteiger partial charge in [-0.1, -0.05) is 18.5 Å². The highest BCUT2D eigenvalue weighted by Crippen LogP contribution is 2.22. The number of hydrogen-bond donors (Lipinski definition) is 1. The molecular formula is C16H21ClN2O2. The van der Waals surface area contributed by atoms with Crippen molar-refractivity contribution in [3.05, 3.63) is 28.8 Å². The van der Waals surface area contributed by atoms with Crippen LogP contribution in [0.2, 0.25) is 5.02 Å². The number of aryl methyl sites for hydroxylation is 1. The fourth-order valence-electron chi connectivity index (χ4n) is 2.45. The first-order valence-electron chi connectivity index (χ1n) is 7.28. The number of halogens is 1. The average molecular weight is 309 g/mol. The number of hydrazone groups is 1. The summed E-state index contributed by atoms with van der Waals surface area (Å²) in [5.74, 6) is 1.07. The number of amides is 1. The zero-order valence-electron chi connectivity index (χ0n) is 12.5. The molecule has 1 aromatic carbocycles. The van der Waals surface area contributed by atoms with E-state index in [-0.39, 0.29) is 12.5 Å². The lowest BCUT2D eigenvalue weighted by Crippen LogP contribution is -2.27. The van der Waals surface area contributed by atoms with E-state index >= 15 is 0 Å². The number of carbonyl (C=O) groups excluding carboxylic acids is 1. The molecule has 114 valence electrons. The van der Waals surface area contributed by atoms with Gasteiger partial charge in [-0.2, -0.15) is 5.10 Å². The minimum Gasteiger partial charge on any atom is -0.483 e. The molecule has 0 aliphatic heterocycles. The maximum absolute atomic E-state index is 11.7. The SMILES string of the molecule is Cc1cc(Cl)ccc1OCC(=O)N/N=C1/CCC[C@@H](C)C1. The summed E-state index contributed by atoms with van der Waals surface area (Å²) in [6.07, 6.45) is 4.33. The predicted molar refractivity (Wildman–Crippen MR) is 84.9 cm³/mol. The van der Waals surface area contributed by atoms with Crippen molar-refractivity contribution in [3.8, 4) is 5.75 Å². The normalized spacial score (nSPS) is 20.3. The second-order valence-electron chi connectivity index (χ2n) is 5.61. The summed E-state index contributed by atoms with van der Waals surface area (Å²) >= 11 is 5.87. The van der Waals surface area contributed by atoms with E-state index in [1.54, 1.807) is 18.2 Å². The molecule has 1 aromatic rings. The molecule has 1 N–H and O–H groups in total. The van der Waals surface area contributed by atoms with Crippen LogP contribution in [-0.4, -0.2) is 18.2 Å². The lowest BCUT2D eigenvalue weighted by molar-refractivity contribution is -0.123. The quantitative estimate of drug-likeness (QED) is 0.862. The van der Waals surface area contributed by atoms with Gasteiger partial charge in [0.25, 0.3) is 5.91 Å². The maximum Gasteiger partial charge on any atom is 0.277 e. The molecule has 0 spiro atoms. The topological polar surface area (TPSA) is 50.7 Å². The van der Waals surface area contributed by atoms with Crippen LogP contribution < -0.4 is 10.2 Å². The highest BCUT2D eigenvalue weighted by Gasteiger charge is 2.14. The Hall–Kier alpha value is -1.55. The van der Waals surface area contributed by atoms with E-state index in [4.69, 9.17) is 16.3 Å². The summed E-state index contributed by atoms with van der Waals surface area (Å²) in [5.41, 5.74) is 4.55. The molecule has 0 bridgehead atoms. The van der Waals surface area contributed by atoms with Crippen molar-refractivity contribution in [1.29, 1.82) is 0 Å². The van der Waals surface area contributed by atoms with E-state index in [1.807, 2.05) is 6.92 Å². The van der Waals surface area contributed by atoms with Crippen LogP contribution in [0.4, 0.5) is 0 Å². The number of nitrogens with one attached hydrogen (secondary N) is 1. The average Bonchev–Trinajstić information content (AvgIpc) is 2.44. The smallest absolute Gasteiger partial charge is 0.277 e. The molecule has 21 heavy (non-hydrogen) atoms. The van der Waals surface area contributed by atoms with E-state index in [2.05, 4.69) is 17.5 Å². The third-order valence-electron chi connectivity index (χ3n) is 3.58. The van der Waals surface area contributed by atoms with Crippen molar-refractivity contribution in [2.45, 2.75) is 39.5 Å². The molecule has 0 radical (unpaired) electrons. The Morgan fingerprint density at radius 1 is 1.52 bits per heavy atom. The van der Waals surface area contributed by atoms with Crippen molar-refractivity contribution < 1.29 is 9.53 Å². The first-order chi connectivity index (χ1) is 10.0. The van der Waals surface area contributed by atoms with E-state index in [1.165, 1.54) is 6.42 Å². The predicted octanol–water partition coefficient (Wildman–Crippen LogP) is 3.71. The van der Waals surface area contributed by atoms with Crippen LogP contribution in [0.15, 0.2) is 23.3 Å². The van der Waals surface area contributed by atoms with Crippen LogP contribution in [0.25, 0.3) is 0 Å². The van der Waals surface area contributed by atoms with Crippen LogP contribution >= 0.6 is 11.6 Å². The Morgan fingerprint density at radius 2 is 2.33 bits per heavy atom. The Labute approximate surface area is 130 Å². The molecule has 2 rings (SSSR count). The molecule has 1 aliphatic carbocycles. The van der Waals surface area contributed by atoms with Crippen molar-refractivity contribution in [2.24, 2.45) is 11.0 Å². The summed E-state index contributed by atoms with van der Waals surface area (Å²) in [6, 6.07) is 5.31. The van der Waals surface area contributed by atoms with E-state index in [0.717, 1.165) is 30.5 Å². The van der Waals surface area contributed by atoms with Gasteiger partial charge in [-0.25, -0.2) is 5.43 Å². The zero-order chi connectivity index (χ0) is 15.2. The van der Waals surface area contributed by atoms with E-state index in [9.17, 15) is 4.79 Å². The zero-order valence-corrected chi connectivity index (χ0v) is 13.2.